The third kappa shape index (κ3) is 1.72. The molecule has 1 heterocycles. The molecule has 0 radical (unpaired) electrons. The molecule has 0 spiro atoms. The van der Waals surface area contributed by atoms with Crippen LogP contribution in [-0.2, 0) is 6.42 Å². The zero-order valence-electron chi connectivity index (χ0n) is 5.41. The highest BCUT2D eigenvalue weighted by Crippen LogP contribution is 1.94. The van der Waals surface area contributed by atoms with Gasteiger partial charge >= 0.3 is 0 Å². The summed E-state index contributed by atoms with van der Waals surface area (Å²) in [6.07, 6.45) is 4.96. The van der Waals surface area contributed by atoms with Gasteiger partial charge in [0.2, 0.25) is 0 Å². The number of hydrogen-bond acceptors (Lipinski definition) is 1. The van der Waals surface area contributed by atoms with Gasteiger partial charge in [0.05, 0.1) is 0 Å². The normalized spacial score (nSPS) is 9.56. The maximum Gasteiger partial charge on any atom is 0.183 e. The van der Waals surface area contributed by atoms with Crippen molar-refractivity contribution in [3.63, 3.8) is 0 Å². The van der Waals surface area contributed by atoms with Crippen molar-refractivity contribution >= 4 is 12.8 Å². The van der Waals surface area contributed by atoms with Crippen LogP contribution in [0.1, 0.15) is 12.5 Å². The van der Waals surface area contributed by atoms with Crippen molar-refractivity contribution in [1.82, 2.24) is 0 Å². The smallest absolute Gasteiger partial charge is 0.137 e. The van der Waals surface area contributed by atoms with E-state index in [0.29, 0.717) is 0 Å². The van der Waals surface area contributed by atoms with E-state index in [2.05, 4.69) is 31.9 Å². The number of rotatable bonds is 1. The lowest BCUT2D eigenvalue weighted by Gasteiger charge is -1.88. The highest BCUT2D eigenvalue weighted by atomic mass is 32.1. The molecule has 1 aromatic rings. The summed E-state index contributed by atoms with van der Waals surface area (Å²) in [4.78, 5) is 0. The Kier molecular flexibility index (Phi) is 2.11. The van der Waals surface area contributed by atoms with Gasteiger partial charge in [-0.2, -0.15) is 0 Å². The third-order valence-electron chi connectivity index (χ3n) is 1.29. The number of nitrogens with zero attached hydrogens (tertiary/aromatic N) is 1. The lowest BCUT2D eigenvalue weighted by molar-refractivity contribution is -0.489. The number of aromatic nitrogens is 1. The summed E-state index contributed by atoms with van der Waals surface area (Å²) in [6.45, 7) is 2.14. The fourth-order valence-corrected chi connectivity index (χ4v) is 0.818. The number of hydrogen-bond donors (Lipinski definition) is 1. The summed E-state index contributed by atoms with van der Waals surface area (Å²) in [5.74, 6) is 0. The molecule has 0 aliphatic rings. The van der Waals surface area contributed by atoms with Crippen LogP contribution in [0.3, 0.4) is 0 Å². The Balaban J connectivity index is 2.88. The number of aryl methyl sites for hydroxylation is 1. The van der Waals surface area contributed by atoms with Crippen molar-refractivity contribution in [1.29, 1.82) is 0 Å². The van der Waals surface area contributed by atoms with Gasteiger partial charge in [-0.1, -0.05) is 6.92 Å². The molecule has 0 bridgehead atoms. The second-order valence-corrected chi connectivity index (χ2v) is 2.40. The second kappa shape index (κ2) is 2.87. The van der Waals surface area contributed by atoms with Gasteiger partial charge < -0.3 is 0 Å². The molecule has 1 nitrogen and oxygen atoms in total. The van der Waals surface area contributed by atoms with Crippen LogP contribution >= 0.6 is 12.8 Å². The van der Waals surface area contributed by atoms with E-state index < -0.39 is 0 Å². The van der Waals surface area contributed by atoms with Crippen LogP contribution in [0.15, 0.2) is 24.5 Å². The zero-order chi connectivity index (χ0) is 6.69. The zero-order valence-corrected chi connectivity index (χ0v) is 6.31. The molecule has 0 saturated heterocycles. The first kappa shape index (κ1) is 6.62. The molecule has 9 heavy (non-hydrogen) atoms. The van der Waals surface area contributed by atoms with Crippen LogP contribution in [0.2, 0.25) is 0 Å². The lowest BCUT2D eigenvalue weighted by Crippen LogP contribution is -2.17. The molecule has 0 amide bonds. The quantitative estimate of drug-likeness (QED) is 0.442. The van der Waals surface area contributed by atoms with Crippen molar-refractivity contribution < 1.29 is 3.97 Å². The van der Waals surface area contributed by atoms with E-state index in [1.54, 1.807) is 3.97 Å². The van der Waals surface area contributed by atoms with Crippen molar-refractivity contribution in [2.75, 3.05) is 0 Å². The summed E-state index contributed by atoms with van der Waals surface area (Å²) in [6, 6.07) is 4.12. The van der Waals surface area contributed by atoms with Gasteiger partial charge in [0.1, 0.15) is 12.8 Å². The molecule has 0 atom stereocenters. The Morgan fingerprint density at radius 3 is 2.44 bits per heavy atom. The van der Waals surface area contributed by atoms with Gasteiger partial charge in [-0.25, -0.2) is 0 Å². The van der Waals surface area contributed by atoms with Gasteiger partial charge in [-0.15, -0.1) is 3.97 Å². The highest BCUT2D eigenvalue weighted by Gasteiger charge is 1.91. The Labute approximate surface area is 60.9 Å². The molecule has 1 aromatic heterocycles. The van der Waals surface area contributed by atoms with Crippen molar-refractivity contribution in [3.05, 3.63) is 30.1 Å². The van der Waals surface area contributed by atoms with Gasteiger partial charge in [-0.3, -0.25) is 0 Å². The minimum Gasteiger partial charge on any atom is -0.137 e. The van der Waals surface area contributed by atoms with Crippen molar-refractivity contribution in [2.45, 2.75) is 13.3 Å². The van der Waals surface area contributed by atoms with Crippen molar-refractivity contribution in [3.8, 4) is 0 Å². The summed E-state index contributed by atoms with van der Waals surface area (Å²) in [7, 11) is 0. The Morgan fingerprint density at radius 2 is 2.00 bits per heavy atom. The van der Waals surface area contributed by atoms with E-state index in [-0.39, 0.29) is 0 Å². The average molecular weight is 140 g/mol. The maximum atomic E-state index is 4.09. The van der Waals surface area contributed by atoms with E-state index in [4.69, 9.17) is 0 Å². The topological polar surface area (TPSA) is 3.88 Å². The van der Waals surface area contributed by atoms with Crippen LogP contribution in [0, 0.1) is 0 Å². The molecule has 0 aliphatic carbocycles. The Hall–Kier alpha value is -0.500. The van der Waals surface area contributed by atoms with E-state index in [1.165, 1.54) is 5.56 Å². The monoisotopic (exact) mass is 140 g/mol. The molecule has 0 saturated carbocycles. The summed E-state index contributed by atoms with van der Waals surface area (Å²) in [5.41, 5.74) is 1.35. The average Bonchev–Trinajstić information content (AvgIpc) is 1.90. The van der Waals surface area contributed by atoms with Crippen LogP contribution in [0.4, 0.5) is 0 Å². The minimum absolute atomic E-state index is 1.09. The highest BCUT2D eigenvalue weighted by molar-refractivity contribution is 7.73. The molecular weight excluding hydrogens is 130 g/mol. The third-order valence-corrected chi connectivity index (χ3v) is 1.56. The van der Waals surface area contributed by atoms with E-state index in [9.17, 15) is 0 Å². The van der Waals surface area contributed by atoms with E-state index in [1.807, 2.05) is 12.4 Å². The second-order valence-electron chi connectivity index (χ2n) is 1.94. The van der Waals surface area contributed by atoms with Crippen LogP contribution in [-0.4, -0.2) is 0 Å². The first-order valence-electron chi connectivity index (χ1n) is 3.02. The number of pyridine rings is 1. The lowest BCUT2D eigenvalue weighted by atomic mass is 10.2. The molecule has 2 heteroatoms. The van der Waals surface area contributed by atoms with Crippen molar-refractivity contribution in [2.24, 2.45) is 0 Å². The summed E-state index contributed by atoms with van der Waals surface area (Å²) < 4.78 is 1.74. The molecule has 0 unspecified atom stereocenters. The molecule has 0 fully saturated rings. The first-order chi connectivity index (χ1) is 4.33. The molecule has 48 valence electrons. The Morgan fingerprint density at radius 1 is 1.44 bits per heavy atom. The predicted octanol–water partition coefficient (Wildman–Crippen LogP) is 1.23. The van der Waals surface area contributed by atoms with Gasteiger partial charge in [-0.05, 0) is 12.0 Å². The van der Waals surface area contributed by atoms with Gasteiger partial charge in [0.15, 0.2) is 12.4 Å². The standard InChI is InChI=1S/C7H10NS/c1-2-7-3-5-8(9)6-4-7/h3-6,9H,2H2,1H3/q+1. The fourth-order valence-electron chi connectivity index (χ4n) is 0.685. The predicted molar refractivity (Wildman–Crippen MR) is 40.4 cm³/mol. The Bertz CT molecular complexity index is 181. The molecule has 0 aromatic carbocycles. The van der Waals surface area contributed by atoms with Gasteiger partial charge in [0.25, 0.3) is 0 Å². The first-order valence-corrected chi connectivity index (χ1v) is 3.42. The SMILES string of the molecule is CCc1cc[n+](S)cc1. The van der Waals surface area contributed by atoms with Crippen LogP contribution in [0.25, 0.3) is 0 Å². The van der Waals surface area contributed by atoms with Crippen LogP contribution in [0.5, 0.6) is 0 Å². The van der Waals surface area contributed by atoms with E-state index >= 15 is 0 Å². The van der Waals surface area contributed by atoms with Crippen LogP contribution < -0.4 is 3.97 Å². The van der Waals surface area contributed by atoms with Gasteiger partial charge in [0, 0.05) is 12.1 Å². The maximum absolute atomic E-state index is 4.09. The van der Waals surface area contributed by atoms with E-state index in [0.717, 1.165) is 6.42 Å². The molecule has 1 rings (SSSR count). The number of thiol groups is 1. The summed E-state index contributed by atoms with van der Waals surface area (Å²) >= 11 is 4.09. The molecular formula is C7H10NS+. The summed E-state index contributed by atoms with van der Waals surface area (Å²) in [5, 5.41) is 0. The fraction of sp³-hybridized carbons (Fsp3) is 0.286. The minimum atomic E-state index is 1.09. The molecule has 0 N–H and O–H groups in total. The molecule has 0 aliphatic heterocycles. The largest absolute Gasteiger partial charge is 0.183 e.